The SMILES string of the molecule is CC(C)CN1C[C@@H](C(=O)NCCOc2ccccc2)C[C@@H](C(=O)Nc2ccc3c(c2)CCC3)C1. The van der Waals surface area contributed by atoms with E-state index >= 15 is 0 Å². The summed E-state index contributed by atoms with van der Waals surface area (Å²) in [6.07, 6.45) is 3.97. The second kappa shape index (κ2) is 11.5. The van der Waals surface area contributed by atoms with Crippen molar-refractivity contribution in [2.45, 2.75) is 39.5 Å². The third kappa shape index (κ3) is 6.60. The monoisotopic (exact) mass is 463 g/mol. The van der Waals surface area contributed by atoms with Crippen molar-refractivity contribution in [3.05, 3.63) is 59.7 Å². The lowest BCUT2D eigenvalue weighted by molar-refractivity contribution is -0.130. The fourth-order valence-electron chi connectivity index (χ4n) is 5.13. The van der Waals surface area contributed by atoms with Crippen molar-refractivity contribution in [3.8, 4) is 5.75 Å². The highest BCUT2D eigenvalue weighted by Crippen LogP contribution is 2.27. The number of para-hydroxylation sites is 1. The molecule has 34 heavy (non-hydrogen) atoms. The minimum Gasteiger partial charge on any atom is -0.492 e. The van der Waals surface area contributed by atoms with Crippen molar-refractivity contribution in [1.29, 1.82) is 0 Å². The number of fused-ring (bicyclic) bond motifs is 1. The average Bonchev–Trinajstić information content (AvgIpc) is 3.29. The number of ether oxygens (including phenoxy) is 1. The standard InChI is InChI=1S/C28H37N3O3/c1-20(2)17-31-18-23(27(32)29-13-14-34-26-9-4-3-5-10-26)15-24(19-31)28(33)30-25-12-11-21-7-6-8-22(21)16-25/h3-5,9-12,16,20,23-24H,6-8,13-15,17-19H2,1-2H3,(H,29,32)(H,30,33)/t23-,24+/m0/s1. The van der Waals surface area contributed by atoms with Crippen molar-refractivity contribution in [2.24, 2.45) is 17.8 Å². The first-order valence-corrected chi connectivity index (χ1v) is 12.6. The van der Waals surface area contributed by atoms with Crippen LogP contribution in [0.5, 0.6) is 5.75 Å². The quantitative estimate of drug-likeness (QED) is 0.554. The van der Waals surface area contributed by atoms with E-state index in [0.29, 0.717) is 38.6 Å². The molecule has 0 radical (unpaired) electrons. The Labute approximate surface area is 203 Å². The van der Waals surface area contributed by atoms with E-state index < -0.39 is 0 Å². The molecule has 2 aliphatic rings. The van der Waals surface area contributed by atoms with Crippen LogP contribution in [-0.4, -0.2) is 49.5 Å². The highest BCUT2D eigenvalue weighted by atomic mass is 16.5. The van der Waals surface area contributed by atoms with Gasteiger partial charge in [0.15, 0.2) is 0 Å². The topological polar surface area (TPSA) is 70.7 Å². The number of hydrogen-bond acceptors (Lipinski definition) is 4. The van der Waals surface area contributed by atoms with Crippen LogP contribution in [0.15, 0.2) is 48.5 Å². The molecule has 0 spiro atoms. The molecular weight excluding hydrogens is 426 g/mol. The van der Waals surface area contributed by atoms with Gasteiger partial charge in [-0.05, 0) is 67.0 Å². The summed E-state index contributed by atoms with van der Waals surface area (Å²) >= 11 is 0. The number of hydrogen-bond donors (Lipinski definition) is 2. The first-order chi connectivity index (χ1) is 16.5. The van der Waals surface area contributed by atoms with Gasteiger partial charge >= 0.3 is 0 Å². The Hall–Kier alpha value is -2.86. The molecule has 1 saturated heterocycles. The molecule has 2 aromatic rings. The molecule has 4 rings (SSSR count). The number of nitrogens with zero attached hydrogens (tertiary/aromatic N) is 1. The van der Waals surface area contributed by atoms with Crippen LogP contribution in [0.3, 0.4) is 0 Å². The second-order valence-corrected chi connectivity index (χ2v) is 10.0. The number of carbonyl (C=O) groups excluding carboxylic acids is 2. The molecule has 2 amide bonds. The Morgan fingerprint density at radius 3 is 2.50 bits per heavy atom. The molecule has 182 valence electrons. The molecule has 0 bridgehead atoms. The molecule has 2 atom stereocenters. The van der Waals surface area contributed by atoms with Crippen LogP contribution in [-0.2, 0) is 22.4 Å². The molecule has 6 heteroatoms. The zero-order valence-corrected chi connectivity index (χ0v) is 20.4. The van der Waals surface area contributed by atoms with E-state index in [0.717, 1.165) is 30.8 Å². The highest BCUT2D eigenvalue weighted by Gasteiger charge is 2.35. The predicted molar refractivity (Wildman–Crippen MR) is 135 cm³/mol. The van der Waals surface area contributed by atoms with Gasteiger partial charge in [0.2, 0.25) is 11.8 Å². The smallest absolute Gasteiger partial charge is 0.228 e. The third-order valence-electron chi connectivity index (χ3n) is 6.67. The summed E-state index contributed by atoms with van der Waals surface area (Å²) in [7, 11) is 0. The minimum absolute atomic E-state index is 0.000415. The molecular formula is C28H37N3O3. The van der Waals surface area contributed by atoms with Gasteiger partial charge in [0, 0.05) is 25.3 Å². The van der Waals surface area contributed by atoms with Crippen molar-refractivity contribution < 1.29 is 14.3 Å². The molecule has 2 aromatic carbocycles. The maximum Gasteiger partial charge on any atom is 0.228 e. The lowest BCUT2D eigenvalue weighted by atomic mass is 9.87. The molecule has 1 fully saturated rings. The van der Waals surface area contributed by atoms with Crippen LogP contribution in [0.4, 0.5) is 5.69 Å². The average molecular weight is 464 g/mol. The summed E-state index contributed by atoms with van der Waals surface area (Å²) in [6, 6.07) is 15.9. The van der Waals surface area contributed by atoms with Crippen molar-refractivity contribution in [3.63, 3.8) is 0 Å². The van der Waals surface area contributed by atoms with E-state index in [1.165, 1.54) is 17.5 Å². The fourth-order valence-corrected chi connectivity index (χ4v) is 5.13. The Morgan fingerprint density at radius 1 is 1.00 bits per heavy atom. The van der Waals surface area contributed by atoms with Gasteiger partial charge < -0.3 is 20.3 Å². The number of nitrogens with one attached hydrogen (secondary N) is 2. The van der Waals surface area contributed by atoms with Gasteiger partial charge in [-0.15, -0.1) is 0 Å². The number of piperidine rings is 1. The number of anilines is 1. The fraction of sp³-hybridized carbons (Fsp3) is 0.500. The number of benzene rings is 2. The van der Waals surface area contributed by atoms with Gasteiger partial charge in [-0.3, -0.25) is 9.59 Å². The molecule has 2 N–H and O–H groups in total. The van der Waals surface area contributed by atoms with E-state index in [4.69, 9.17) is 4.74 Å². The van der Waals surface area contributed by atoms with Crippen LogP contribution in [0.1, 0.15) is 37.8 Å². The summed E-state index contributed by atoms with van der Waals surface area (Å²) in [5.41, 5.74) is 3.61. The number of amides is 2. The Morgan fingerprint density at radius 2 is 1.74 bits per heavy atom. The van der Waals surface area contributed by atoms with Gasteiger partial charge in [0.25, 0.3) is 0 Å². The molecule has 1 aliphatic heterocycles. The maximum absolute atomic E-state index is 13.2. The molecule has 1 aliphatic carbocycles. The first kappa shape index (κ1) is 24.3. The third-order valence-corrected chi connectivity index (χ3v) is 6.67. The maximum atomic E-state index is 13.2. The molecule has 6 nitrogen and oxygen atoms in total. The van der Waals surface area contributed by atoms with Gasteiger partial charge in [-0.1, -0.05) is 38.1 Å². The van der Waals surface area contributed by atoms with Crippen molar-refractivity contribution >= 4 is 17.5 Å². The van der Waals surface area contributed by atoms with Crippen LogP contribution in [0.25, 0.3) is 0 Å². The van der Waals surface area contributed by atoms with Crippen LogP contribution in [0, 0.1) is 17.8 Å². The number of likely N-dealkylation sites (tertiary alicyclic amines) is 1. The van der Waals surface area contributed by atoms with E-state index in [9.17, 15) is 9.59 Å². The Bertz CT molecular complexity index is 976. The summed E-state index contributed by atoms with van der Waals surface area (Å²) in [4.78, 5) is 28.4. The molecule has 0 aromatic heterocycles. The lowest BCUT2D eigenvalue weighted by Gasteiger charge is -2.37. The van der Waals surface area contributed by atoms with Gasteiger partial charge in [0.05, 0.1) is 18.4 Å². The Balaban J connectivity index is 1.33. The van der Waals surface area contributed by atoms with Crippen molar-refractivity contribution in [1.82, 2.24) is 10.2 Å². The first-order valence-electron chi connectivity index (χ1n) is 12.6. The van der Waals surface area contributed by atoms with Gasteiger partial charge in [-0.2, -0.15) is 0 Å². The molecule has 0 unspecified atom stereocenters. The van der Waals surface area contributed by atoms with Gasteiger partial charge in [-0.25, -0.2) is 0 Å². The summed E-state index contributed by atoms with van der Waals surface area (Å²) in [6.45, 7) is 7.46. The number of aryl methyl sites for hydroxylation is 2. The molecule has 1 heterocycles. The largest absolute Gasteiger partial charge is 0.492 e. The second-order valence-electron chi connectivity index (χ2n) is 10.0. The number of carbonyl (C=O) groups is 2. The highest BCUT2D eigenvalue weighted by molar-refractivity contribution is 5.93. The van der Waals surface area contributed by atoms with Crippen molar-refractivity contribution in [2.75, 3.05) is 38.1 Å². The van der Waals surface area contributed by atoms with Crippen LogP contribution >= 0.6 is 0 Å². The van der Waals surface area contributed by atoms with E-state index in [1.807, 2.05) is 36.4 Å². The zero-order valence-electron chi connectivity index (χ0n) is 20.4. The lowest BCUT2D eigenvalue weighted by Crippen LogP contribution is -2.50. The summed E-state index contributed by atoms with van der Waals surface area (Å²) < 4.78 is 5.69. The summed E-state index contributed by atoms with van der Waals surface area (Å²) in [5.74, 6) is 0.858. The van der Waals surface area contributed by atoms with E-state index in [-0.39, 0.29) is 23.7 Å². The Kier molecular flexibility index (Phi) is 8.22. The zero-order chi connectivity index (χ0) is 23.9. The normalized spacial score (nSPS) is 20.1. The van der Waals surface area contributed by atoms with Crippen LogP contribution in [0.2, 0.25) is 0 Å². The van der Waals surface area contributed by atoms with E-state index in [1.54, 1.807) is 0 Å². The van der Waals surface area contributed by atoms with Gasteiger partial charge in [0.1, 0.15) is 12.4 Å². The molecule has 0 saturated carbocycles. The summed E-state index contributed by atoms with van der Waals surface area (Å²) in [5, 5.41) is 6.14. The van der Waals surface area contributed by atoms with E-state index in [2.05, 4.69) is 41.5 Å². The minimum atomic E-state index is -0.211. The van der Waals surface area contributed by atoms with Crippen LogP contribution < -0.4 is 15.4 Å². The number of rotatable bonds is 9. The predicted octanol–water partition coefficient (Wildman–Crippen LogP) is 3.90.